The minimum absolute atomic E-state index is 0.271. The number of carbonyl (C=O) groups is 1. The number of hydrogen-bond donors (Lipinski definition) is 0. The number of Topliss-reactive ketones (excluding diaryl/α,β-unsaturated/α-hetero) is 1. The zero-order valence-corrected chi connectivity index (χ0v) is 8.02. The molecular formula is C10H16O2. The molecule has 0 aromatic rings. The maximum absolute atomic E-state index is 11.5. The van der Waals surface area contributed by atoms with E-state index in [0.29, 0.717) is 12.3 Å². The van der Waals surface area contributed by atoms with Crippen molar-refractivity contribution < 1.29 is 9.53 Å². The predicted molar refractivity (Wildman–Crippen MR) is 47.7 cm³/mol. The summed E-state index contributed by atoms with van der Waals surface area (Å²) < 4.78 is 5.19. The van der Waals surface area contributed by atoms with Crippen molar-refractivity contribution in [3.63, 3.8) is 0 Å². The Balaban J connectivity index is 2.95. The minimum Gasteiger partial charge on any atom is -0.501 e. The summed E-state index contributed by atoms with van der Waals surface area (Å²) in [4.78, 5) is 11.5. The Labute approximate surface area is 73.6 Å². The lowest BCUT2D eigenvalue weighted by molar-refractivity contribution is -0.116. The zero-order chi connectivity index (χ0) is 9.14. The van der Waals surface area contributed by atoms with Gasteiger partial charge in [-0.3, -0.25) is 4.79 Å². The van der Waals surface area contributed by atoms with Gasteiger partial charge in [-0.2, -0.15) is 0 Å². The smallest absolute Gasteiger partial charge is 0.162 e. The first-order valence-corrected chi connectivity index (χ1v) is 4.47. The van der Waals surface area contributed by atoms with Gasteiger partial charge in [-0.05, 0) is 12.3 Å². The summed E-state index contributed by atoms with van der Waals surface area (Å²) in [6, 6.07) is 0. The number of rotatable bonds is 2. The van der Waals surface area contributed by atoms with Crippen molar-refractivity contribution in [2.75, 3.05) is 7.11 Å². The first-order chi connectivity index (χ1) is 5.66. The van der Waals surface area contributed by atoms with E-state index in [2.05, 4.69) is 0 Å². The molecule has 0 aromatic heterocycles. The molecule has 0 heterocycles. The van der Waals surface area contributed by atoms with Crippen LogP contribution in [0.2, 0.25) is 0 Å². The standard InChI is InChI=1S/C10H16O2/c1-7(2)10-8(11)5-4-6-9(10)12-3/h7H,4-6H2,1-3H3. The summed E-state index contributed by atoms with van der Waals surface area (Å²) in [5.41, 5.74) is 0.906. The van der Waals surface area contributed by atoms with Crippen molar-refractivity contribution >= 4 is 5.78 Å². The number of methoxy groups -OCH3 is 1. The highest BCUT2D eigenvalue weighted by Gasteiger charge is 2.23. The van der Waals surface area contributed by atoms with Crippen LogP contribution >= 0.6 is 0 Å². The molecule has 0 spiro atoms. The van der Waals surface area contributed by atoms with Gasteiger partial charge in [0, 0.05) is 18.4 Å². The highest BCUT2D eigenvalue weighted by atomic mass is 16.5. The molecule has 0 radical (unpaired) electrons. The average Bonchev–Trinajstić information content (AvgIpc) is 2.03. The van der Waals surface area contributed by atoms with Crippen LogP contribution in [0.3, 0.4) is 0 Å². The molecule has 68 valence electrons. The van der Waals surface area contributed by atoms with Crippen molar-refractivity contribution in [1.29, 1.82) is 0 Å². The maximum Gasteiger partial charge on any atom is 0.162 e. The van der Waals surface area contributed by atoms with Crippen LogP contribution in [0.15, 0.2) is 11.3 Å². The Morgan fingerprint density at radius 1 is 1.33 bits per heavy atom. The predicted octanol–water partition coefficient (Wildman–Crippen LogP) is 2.30. The van der Waals surface area contributed by atoms with E-state index in [1.54, 1.807) is 7.11 Å². The Morgan fingerprint density at radius 3 is 2.42 bits per heavy atom. The van der Waals surface area contributed by atoms with Gasteiger partial charge in [-0.1, -0.05) is 13.8 Å². The summed E-state index contributed by atoms with van der Waals surface area (Å²) >= 11 is 0. The second-order valence-corrected chi connectivity index (χ2v) is 3.47. The Hall–Kier alpha value is -0.790. The van der Waals surface area contributed by atoms with Crippen LogP contribution in [0.1, 0.15) is 33.1 Å². The van der Waals surface area contributed by atoms with Crippen molar-refractivity contribution in [1.82, 2.24) is 0 Å². The van der Waals surface area contributed by atoms with E-state index in [1.807, 2.05) is 13.8 Å². The second kappa shape index (κ2) is 3.74. The monoisotopic (exact) mass is 168 g/mol. The van der Waals surface area contributed by atoms with Gasteiger partial charge in [-0.25, -0.2) is 0 Å². The molecular weight excluding hydrogens is 152 g/mol. The lowest BCUT2D eigenvalue weighted by Crippen LogP contribution is -2.16. The molecule has 1 aliphatic carbocycles. The van der Waals surface area contributed by atoms with Crippen molar-refractivity contribution in [3.05, 3.63) is 11.3 Å². The third-order valence-corrected chi connectivity index (χ3v) is 2.23. The van der Waals surface area contributed by atoms with Crippen LogP contribution in [0, 0.1) is 5.92 Å². The number of carbonyl (C=O) groups excluding carboxylic acids is 1. The molecule has 0 saturated carbocycles. The van der Waals surface area contributed by atoms with E-state index < -0.39 is 0 Å². The first-order valence-electron chi connectivity index (χ1n) is 4.47. The van der Waals surface area contributed by atoms with E-state index in [4.69, 9.17) is 4.74 Å². The SMILES string of the molecule is COC1=C(C(C)C)C(=O)CCC1. The molecule has 0 saturated heterocycles. The molecule has 12 heavy (non-hydrogen) atoms. The van der Waals surface area contributed by atoms with Gasteiger partial charge in [-0.15, -0.1) is 0 Å². The van der Waals surface area contributed by atoms with Crippen molar-refractivity contribution in [2.24, 2.45) is 5.92 Å². The molecule has 0 unspecified atom stereocenters. The van der Waals surface area contributed by atoms with Crippen LogP contribution in [-0.2, 0) is 9.53 Å². The highest BCUT2D eigenvalue weighted by molar-refractivity contribution is 5.96. The molecule has 1 aliphatic rings. The Bertz CT molecular complexity index is 214. The third kappa shape index (κ3) is 1.68. The lowest BCUT2D eigenvalue weighted by Gasteiger charge is -2.20. The van der Waals surface area contributed by atoms with Crippen LogP contribution in [0.5, 0.6) is 0 Å². The molecule has 0 N–H and O–H groups in total. The Morgan fingerprint density at radius 2 is 2.00 bits per heavy atom. The number of allylic oxidation sites excluding steroid dienone is 2. The van der Waals surface area contributed by atoms with Gasteiger partial charge in [0.2, 0.25) is 0 Å². The topological polar surface area (TPSA) is 26.3 Å². The van der Waals surface area contributed by atoms with Crippen molar-refractivity contribution in [3.8, 4) is 0 Å². The number of hydrogen-bond acceptors (Lipinski definition) is 2. The van der Waals surface area contributed by atoms with Gasteiger partial charge in [0.15, 0.2) is 5.78 Å². The van der Waals surface area contributed by atoms with Crippen LogP contribution < -0.4 is 0 Å². The van der Waals surface area contributed by atoms with Gasteiger partial charge in [0.1, 0.15) is 5.76 Å². The summed E-state index contributed by atoms with van der Waals surface area (Å²) in [7, 11) is 1.65. The van der Waals surface area contributed by atoms with Gasteiger partial charge in [0.05, 0.1) is 7.11 Å². The fraction of sp³-hybridized carbons (Fsp3) is 0.700. The van der Waals surface area contributed by atoms with Crippen molar-refractivity contribution in [2.45, 2.75) is 33.1 Å². The van der Waals surface area contributed by atoms with Crippen LogP contribution in [0.4, 0.5) is 0 Å². The molecule has 2 heteroatoms. The number of ether oxygens (including phenoxy) is 1. The highest BCUT2D eigenvalue weighted by Crippen LogP contribution is 2.27. The molecule has 0 bridgehead atoms. The summed E-state index contributed by atoms with van der Waals surface area (Å²) in [5.74, 6) is 1.47. The van der Waals surface area contributed by atoms with E-state index in [-0.39, 0.29) is 5.78 Å². The summed E-state index contributed by atoms with van der Waals surface area (Å²) in [6.07, 6.45) is 2.56. The van der Waals surface area contributed by atoms with E-state index in [0.717, 1.165) is 24.2 Å². The van der Waals surface area contributed by atoms with E-state index >= 15 is 0 Å². The normalized spacial score (nSPS) is 18.8. The van der Waals surface area contributed by atoms with Gasteiger partial charge < -0.3 is 4.74 Å². The first kappa shape index (κ1) is 9.30. The molecule has 1 rings (SSSR count). The quantitative estimate of drug-likeness (QED) is 0.632. The molecule has 2 nitrogen and oxygen atoms in total. The third-order valence-electron chi connectivity index (χ3n) is 2.23. The Kier molecular flexibility index (Phi) is 2.90. The van der Waals surface area contributed by atoms with E-state index in [1.165, 1.54) is 0 Å². The maximum atomic E-state index is 11.5. The lowest BCUT2D eigenvalue weighted by atomic mass is 9.89. The van der Waals surface area contributed by atoms with E-state index in [9.17, 15) is 4.79 Å². The molecule has 0 aliphatic heterocycles. The fourth-order valence-corrected chi connectivity index (χ4v) is 1.69. The summed E-state index contributed by atoms with van der Waals surface area (Å²) in [6.45, 7) is 4.08. The largest absolute Gasteiger partial charge is 0.501 e. The van der Waals surface area contributed by atoms with Gasteiger partial charge >= 0.3 is 0 Å². The van der Waals surface area contributed by atoms with Gasteiger partial charge in [0.25, 0.3) is 0 Å². The van der Waals surface area contributed by atoms with Crippen LogP contribution in [0.25, 0.3) is 0 Å². The zero-order valence-electron chi connectivity index (χ0n) is 8.02. The molecule has 0 fully saturated rings. The fourth-order valence-electron chi connectivity index (χ4n) is 1.69. The number of ketones is 1. The second-order valence-electron chi connectivity index (χ2n) is 3.47. The molecule has 0 aromatic carbocycles. The minimum atomic E-state index is 0.271. The summed E-state index contributed by atoms with van der Waals surface area (Å²) in [5, 5.41) is 0. The van der Waals surface area contributed by atoms with Crippen LogP contribution in [-0.4, -0.2) is 12.9 Å². The average molecular weight is 168 g/mol. The molecule has 0 atom stereocenters. The molecule has 0 amide bonds.